The van der Waals surface area contributed by atoms with E-state index in [0.29, 0.717) is 17.7 Å². The lowest BCUT2D eigenvalue weighted by atomic mass is 10.1. The van der Waals surface area contributed by atoms with Crippen LogP contribution in [0.15, 0.2) is 57.4 Å². The summed E-state index contributed by atoms with van der Waals surface area (Å²) in [5.74, 6) is -1.75. The number of primary amides is 1. The predicted octanol–water partition coefficient (Wildman–Crippen LogP) is 1.43. The fourth-order valence-corrected chi connectivity index (χ4v) is 4.93. The number of nitrogens with two attached hydrogens (primary N) is 3. The number of ether oxygens (including phenoxy) is 2. The normalized spacial score (nSPS) is 16.4. The fraction of sp³-hybridized carbons (Fsp3) is 0.296. The standard InChI is InChI=1S/C27H33N7O6S/c1-15(24(37)33-18(23(28)36)10-7-11-31-26(29)30)34-25(38)21(41-27(34)32-17-8-5-4-6-9-17)14-16-12-19(39-2)22(35)20(13-16)40-3/h4-6,8-9,12-15,18,35H,7,10-11H2,1-3H3,(H2,28,36)(H,33,37)(H4,29,30,31)/t15-,18+/m1/s1. The van der Waals surface area contributed by atoms with E-state index in [2.05, 4.69) is 15.3 Å². The largest absolute Gasteiger partial charge is 0.502 e. The van der Waals surface area contributed by atoms with Crippen LogP contribution in [-0.4, -0.2) is 71.7 Å². The Bertz CT molecular complexity index is 1350. The van der Waals surface area contributed by atoms with Crippen LogP contribution < -0.4 is 32.0 Å². The molecule has 0 spiro atoms. The molecular formula is C27H33N7O6S. The summed E-state index contributed by atoms with van der Waals surface area (Å²) < 4.78 is 10.4. The summed E-state index contributed by atoms with van der Waals surface area (Å²) >= 11 is 1.07. The molecule has 218 valence electrons. The fourth-order valence-electron chi connectivity index (χ4n) is 3.87. The highest BCUT2D eigenvalue weighted by Crippen LogP contribution is 2.40. The maximum Gasteiger partial charge on any atom is 0.267 e. The highest BCUT2D eigenvalue weighted by atomic mass is 32.2. The Hall–Kier alpha value is -4.72. The van der Waals surface area contributed by atoms with E-state index in [0.717, 1.165) is 11.8 Å². The van der Waals surface area contributed by atoms with E-state index in [1.165, 1.54) is 26.0 Å². The molecule has 0 aromatic heterocycles. The Balaban J connectivity index is 1.92. The average molecular weight is 584 g/mol. The van der Waals surface area contributed by atoms with Gasteiger partial charge in [-0.1, -0.05) is 18.2 Å². The number of carbonyl (C=O) groups is 3. The number of amides is 3. The third-order valence-corrected chi connectivity index (χ3v) is 6.97. The number of carbonyl (C=O) groups excluding carboxylic acids is 3. The molecule has 13 nitrogen and oxygen atoms in total. The van der Waals surface area contributed by atoms with Crippen LogP contribution in [-0.2, 0) is 14.4 Å². The molecule has 2 atom stereocenters. The van der Waals surface area contributed by atoms with Crippen molar-refractivity contribution in [1.82, 2.24) is 10.2 Å². The number of phenols is 1. The van der Waals surface area contributed by atoms with Crippen molar-refractivity contribution in [2.75, 3.05) is 20.8 Å². The van der Waals surface area contributed by atoms with E-state index in [-0.39, 0.29) is 46.2 Å². The van der Waals surface area contributed by atoms with Gasteiger partial charge in [0, 0.05) is 6.54 Å². The van der Waals surface area contributed by atoms with Crippen LogP contribution in [0.2, 0.25) is 0 Å². The van der Waals surface area contributed by atoms with Crippen molar-refractivity contribution in [2.24, 2.45) is 27.2 Å². The van der Waals surface area contributed by atoms with Gasteiger partial charge in [0.1, 0.15) is 12.1 Å². The molecule has 0 saturated carbocycles. The SMILES string of the molecule is COc1cc(C=C2SC(=Nc3ccccc3)N([C@H](C)C(=O)N[C@@H](CCCN=C(N)N)C(N)=O)C2=O)cc(OC)c1O. The van der Waals surface area contributed by atoms with Crippen molar-refractivity contribution < 1.29 is 29.0 Å². The van der Waals surface area contributed by atoms with Crippen LogP contribution in [0.3, 0.4) is 0 Å². The van der Waals surface area contributed by atoms with Crippen LogP contribution in [0, 0.1) is 0 Å². The summed E-state index contributed by atoms with van der Waals surface area (Å²) in [6.45, 7) is 1.79. The summed E-state index contributed by atoms with van der Waals surface area (Å²) in [6, 6.07) is 10.0. The number of amidine groups is 1. The van der Waals surface area contributed by atoms with Crippen molar-refractivity contribution in [3.8, 4) is 17.2 Å². The quantitative estimate of drug-likeness (QED) is 0.106. The molecular weight excluding hydrogens is 550 g/mol. The molecule has 3 rings (SSSR count). The first-order valence-corrected chi connectivity index (χ1v) is 13.3. The summed E-state index contributed by atoms with van der Waals surface area (Å²) in [4.78, 5) is 48.9. The summed E-state index contributed by atoms with van der Waals surface area (Å²) in [7, 11) is 2.79. The Labute approximate surface area is 241 Å². The smallest absolute Gasteiger partial charge is 0.267 e. The molecule has 14 heteroatoms. The molecule has 41 heavy (non-hydrogen) atoms. The number of hydrogen-bond donors (Lipinski definition) is 5. The zero-order valence-electron chi connectivity index (χ0n) is 22.9. The minimum absolute atomic E-state index is 0.0818. The van der Waals surface area contributed by atoms with Gasteiger partial charge in [-0.25, -0.2) is 4.99 Å². The number of nitrogens with one attached hydrogen (secondary N) is 1. The molecule has 8 N–H and O–H groups in total. The predicted molar refractivity (Wildman–Crippen MR) is 158 cm³/mol. The first-order valence-electron chi connectivity index (χ1n) is 12.5. The highest BCUT2D eigenvalue weighted by molar-refractivity contribution is 8.18. The number of thioether (sulfide) groups is 1. The maximum absolute atomic E-state index is 13.7. The van der Waals surface area contributed by atoms with Gasteiger partial charge in [0.25, 0.3) is 5.91 Å². The molecule has 3 amide bonds. The summed E-state index contributed by atoms with van der Waals surface area (Å²) in [5.41, 5.74) is 17.2. The molecule has 0 bridgehead atoms. The van der Waals surface area contributed by atoms with E-state index in [1.54, 1.807) is 42.5 Å². The van der Waals surface area contributed by atoms with Gasteiger partial charge in [-0.3, -0.25) is 24.3 Å². The number of phenolic OH excluding ortho intramolecular Hbond substituents is 1. The lowest BCUT2D eigenvalue weighted by Gasteiger charge is -2.25. The number of methoxy groups -OCH3 is 2. The molecule has 2 aromatic rings. The van der Waals surface area contributed by atoms with E-state index in [1.807, 2.05) is 6.07 Å². The second kappa shape index (κ2) is 14.1. The summed E-state index contributed by atoms with van der Waals surface area (Å²) in [6.07, 6.45) is 2.18. The lowest BCUT2D eigenvalue weighted by Crippen LogP contribution is -2.53. The zero-order valence-corrected chi connectivity index (χ0v) is 23.7. The molecule has 1 aliphatic heterocycles. The Morgan fingerprint density at radius 3 is 2.32 bits per heavy atom. The van der Waals surface area contributed by atoms with Crippen molar-refractivity contribution in [3.63, 3.8) is 0 Å². The number of guanidine groups is 1. The molecule has 2 aromatic carbocycles. The molecule has 1 aliphatic rings. The van der Waals surface area contributed by atoms with Gasteiger partial charge < -0.3 is 37.1 Å². The van der Waals surface area contributed by atoms with E-state index in [9.17, 15) is 19.5 Å². The number of benzene rings is 2. The maximum atomic E-state index is 13.7. The van der Waals surface area contributed by atoms with Crippen LogP contribution in [0.5, 0.6) is 17.2 Å². The number of rotatable bonds is 12. The third kappa shape index (κ3) is 7.91. The van der Waals surface area contributed by atoms with Crippen LogP contribution >= 0.6 is 11.8 Å². The molecule has 1 heterocycles. The lowest BCUT2D eigenvalue weighted by molar-refractivity contribution is -0.134. The number of aliphatic imine (C=N–C) groups is 2. The molecule has 0 unspecified atom stereocenters. The van der Waals surface area contributed by atoms with Gasteiger partial charge in [-0.05, 0) is 67.4 Å². The van der Waals surface area contributed by atoms with Crippen molar-refractivity contribution in [2.45, 2.75) is 31.8 Å². The van der Waals surface area contributed by atoms with Crippen molar-refractivity contribution in [1.29, 1.82) is 0 Å². The first-order chi connectivity index (χ1) is 19.5. The molecule has 0 aliphatic carbocycles. The average Bonchev–Trinajstić information content (AvgIpc) is 3.24. The number of aromatic hydroxyl groups is 1. The minimum atomic E-state index is -1.05. The van der Waals surface area contributed by atoms with Crippen LogP contribution in [0.25, 0.3) is 6.08 Å². The minimum Gasteiger partial charge on any atom is -0.502 e. The monoisotopic (exact) mass is 583 g/mol. The Kier molecular flexibility index (Phi) is 10.6. The molecule has 0 radical (unpaired) electrons. The van der Waals surface area contributed by atoms with Gasteiger partial charge in [0.2, 0.25) is 17.6 Å². The van der Waals surface area contributed by atoms with Crippen molar-refractivity contribution >= 4 is 52.4 Å². The van der Waals surface area contributed by atoms with Gasteiger partial charge in [0.15, 0.2) is 22.6 Å². The third-order valence-electron chi connectivity index (χ3n) is 5.99. The second-order valence-corrected chi connectivity index (χ2v) is 9.89. The van der Waals surface area contributed by atoms with Gasteiger partial charge >= 0.3 is 0 Å². The van der Waals surface area contributed by atoms with E-state index < -0.39 is 29.8 Å². The van der Waals surface area contributed by atoms with E-state index >= 15 is 0 Å². The molecule has 1 fully saturated rings. The first kappa shape index (κ1) is 30.8. The van der Waals surface area contributed by atoms with E-state index in [4.69, 9.17) is 26.7 Å². The Morgan fingerprint density at radius 2 is 1.76 bits per heavy atom. The van der Waals surface area contributed by atoms with Crippen molar-refractivity contribution in [3.05, 3.63) is 52.9 Å². The topological polar surface area (TPSA) is 208 Å². The van der Waals surface area contributed by atoms with Gasteiger partial charge in [-0.15, -0.1) is 0 Å². The van der Waals surface area contributed by atoms with Crippen LogP contribution in [0.4, 0.5) is 5.69 Å². The number of para-hydroxylation sites is 1. The Morgan fingerprint density at radius 1 is 1.12 bits per heavy atom. The summed E-state index contributed by atoms with van der Waals surface area (Å²) in [5, 5.41) is 13.1. The zero-order chi connectivity index (χ0) is 30.1. The van der Waals surface area contributed by atoms with Gasteiger partial charge in [0.05, 0.1) is 24.8 Å². The van der Waals surface area contributed by atoms with Crippen LogP contribution in [0.1, 0.15) is 25.3 Å². The number of hydrogen-bond acceptors (Lipinski definition) is 9. The number of nitrogens with zero attached hydrogens (tertiary/aromatic N) is 3. The molecule has 1 saturated heterocycles. The van der Waals surface area contributed by atoms with Gasteiger partial charge in [-0.2, -0.15) is 0 Å². The second-order valence-electron chi connectivity index (χ2n) is 8.88. The highest BCUT2D eigenvalue weighted by Gasteiger charge is 2.40.